The largest absolute Gasteiger partial charge is 0.423 e. The summed E-state index contributed by atoms with van der Waals surface area (Å²) in [5.41, 5.74) is 2.12. The van der Waals surface area contributed by atoms with Crippen molar-refractivity contribution in [1.82, 2.24) is 0 Å². The number of ether oxygens (including phenoxy) is 1. The minimum Gasteiger partial charge on any atom is -0.423 e. The van der Waals surface area contributed by atoms with Crippen LogP contribution < -0.4 is 4.74 Å². The number of hydrogen-bond acceptors (Lipinski definition) is 4. The van der Waals surface area contributed by atoms with E-state index < -0.39 is 10.9 Å². The average molecular weight is 345 g/mol. The van der Waals surface area contributed by atoms with Crippen molar-refractivity contribution in [3.8, 4) is 5.75 Å². The van der Waals surface area contributed by atoms with Crippen LogP contribution in [0.15, 0.2) is 91.0 Å². The molecule has 0 unspecified atom stereocenters. The molecule has 0 aliphatic carbocycles. The predicted molar refractivity (Wildman–Crippen MR) is 98.7 cm³/mol. The molecule has 0 N–H and O–H groups in total. The summed E-state index contributed by atoms with van der Waals surface area (Å²) in [6.45, 7) is 0. The molecule has 3 rings (SSSR count). The molecule has 0 aliphatic heterocycles. The van der Waals surface area contributed by atoms with E-state index in [2.05, 4.69) is 0 Å². The third-order valence-corrected chi connectivity index (χ3v) is 3.70. The van der Waals surface area contributed by atoms with E-state index in [1.54, 1.807) is 36.4 Å². The molecule has 0 aliphatic rings. The zero-order valence-electron chi connectivity index (χ0n) is 13.7. The van der Waals surface area contributed by atoms with Crippen molar-refractivity contribution in [3.05, 3.63) is 112 Å². The number of nitro benzene ring substituents is 1. The van der Waals surface area contributed by atoms with E-state index in [9.17, 15) is 14.9 Å². The van der Waals surface area contributed by atoms with Crippen LogP contribution in [0.4, 0.5) is 5.69 Å². The maximum absolute atomic E-state index is 12.3. The van der Waals surface area contributed by atoms with Crippen LogP contribution in [-0.2, 0) is 4.79 Å². The molecular formula is C21H15NO4. The fraction of sp³-hybridized carbons (Fsp3) is 0. The zero-order chi connectivity index (χ0) is 18.4. The van der Waals surface area contributed by atoms with Crippen molar-refractivity contribution in [2.75, 3.05) is 0 Å². The fourth-order valence-electron chi connectivity index (χ4n) is 2.47. The molecule has 0 atom stereocenters. The second kappa shape index (κ2) is 7.90. The number of carbonyl (C=O) groups excluding carboxylic acids is 1. The van der Waals surface area contributed by atoms with Crippen molar-refractivity contribution in [2.24, 2.45) is 0 Å². The lowest BCUT2D eigenvalue weighted by molar-refractivity contribution is -0.384. The van der Waals surface area contributed by atoms with Gasteiger partial charge in [0.25, 0.3) is 5.69 Å². The lowest BCUT2D eigenvalue weighted by Crippen LogP contribution is -2.05. The first-order valence-electron chi connectivity index (χ1n) is 7.92. The third kappa shape index (κ3) is 4.21. The number of rotatable bonds is 5. The second-order valence-electron chi connectivity index (χ2n) is 5.46. The maximum Gasteiger partial charge on any atom is 0.336 e. The van der Waals surface area contributed by atoms with Gasteiger partial charge in [0.1, 0.15) is 5.75 Å². The van der Waals surface area contributed by atoms with Gasteiger partial charge in [0.2, 0.25) is 0 Å². The van der Waals surface area contributed by atoms with Gasteiger partial charge in [-0.05, 0) is 41.0 Å². The molecule has 0 aromatic heterocycles. The van der Waals surface area contributed by atoms with E-state index in [0.717, 1.165) is 5.56 Å². The first-order valence-corrected chi connectivity index (χ1v) is 7.92. The van der Waals surface area contributed by atoms with E-state index in [0.29, 0.717) is 16.9 Å². The van der Waals surface area contributed by atoms with Gasteiger partial charge in [-0.15, -0.1) is 0 Å². The van der Waals surface area contributed by atoms with Crippen LogP contribution in [-0.4, -0.2) is 10.9 Å². The van der Waals surface area contributed by atoms with Gasteiger partial charge in [-0.2, -0.15) is 0 Å². The van der Waals surface area contributed by atoms with E-state index in [-0.39, 0.29) is 5.69 Å². The minimum atomic E-state index is -0.520. The Morgan fingerprint density at radius 3 is 1.92 bits per heavy atom. The Hall–Kier alpha value is -3.73. The van der Waals surface area contributed by atoms with Crippen LogP contribution in [0.1, 0.15) is 11.1 Å². The Bertz CT molecular complexity index is 933. The molecule has 0 saturated carbocycles. The lowest BCUT2D eigenvalue weighted by Gasteiger charge is -2.09. The SMILES string of the molecule is O=C(/C=C(\c1ccccc1)c1ccc([N+](=O)[O-])cc1)Oc1ccccc1. The molecule has 128 valence electrons. The van der Waals surface area contributed by atoms with Crippen LogP contribution in [0.5, 0.6) is 5.75 Å². The average Bonchev–Trinajstić information content (AvgIpc) is 2.68. The summed E-state index contributed by atoms with van der Waals surface area (Å²) in [7, 11) is 0. The number of hydrogen-bond donors (Lipinski definition) is 0. The molecule has 3 aromatic rings. The number of nitro groups is 1. The van der Waals surface area contributed by atoms with Crippen LogP contribution in [0.3, 0.4) is 0 Å². The summed E-state index contributed by atoms with van der Waals surface area (Å²) in [5, 5.41) is 10.8. The first kappa shape index (κ1) is 17.1. The van der Waals surface area contributed by atoms with Crippen molar-refractivity contribution < 1.29 is 14.5 Å². The van der Waals surface area contributed by atoms with Crippen LogP contribution >= 0.6 is 0 Å². The summed E-state index contributed by atoms with van der Waals surface area (Å²) in [5.74, 6) is -0.0710. The second-order valence-corrected chi connectivity index (χ2v) is 5.46. The van der Waals surface area contributed by atoms with Crippen molar-refractivity contribution >= 4 is 17.2 Å². The predicted octanol–water partition coefficient (Wildman–Crippen LogP) is 4.63. The van der Waals surface area contributed by atoms with Gasteiger partial charge < -0.3 is 4.74 Å². The van der Waals surface area contributed by atoms with Crippen molar-refractivity contribution in [3.63, 3.8) is 0 Å². The van der Waals surface area contributed by atoms with Gasteiger partial charge in [-0.3, -0.25) is 10.1 Å². The van der Waals surface area contributed by atoms with Gasteiger partial charge in [0.05, 0.1) is 4.92 Å². The molecule has 5 nitrogen and oxygen atoms in total. The van der Waals surface area contributed by atoms with Crippen LogP contribution in [0, 0.1) is 10.1 Å². The topological polar surface area (TPSA) is 69.4 Å². The Morgan fingerprint density at radius 2 is 1.35 bits per heavy atom. The fourth-order valence-corrected chi connectivity index (χ4v) is 2.47. The molecule has 0 bridgehead atoms. The summed E-state index contributed by atoms with van der Waals surface area (Å²) in [6, 6.07) is 24.2. The van der Waals surface area contributed by atoms with E-state index in [1.807, 2.05) is 36.4 Å². The summed E-state index contributed by atoms with van der Waals surface area (Å²) < 4.78 is 5.33. The Morgan fingerprint density at radius 1 is 0.808 bits per heavy atom. The third-order valence-electron chi connectivity index (χ3n) is 3.70. The van der Waals surface area contributed by atoms with Crippen LogP contribution in [0.25, 0.3) is 5.57 Å². The standard InChI is InChI=1S/C21H15NO4/c23-21(26-19-9-5-2-6-10-19)15-20(16-7-3-1-4-8-16)17-11-13-18(14-12-17)22(24)25/h1-15H/b20-15+. The molecule has 0 radical (unpaired) electrons. The van der Waals surface area contributed by atoms with Gasteiger partial charge in [-0.25, -0.2) is 4.79 Å². The van der Waals surface area contributed by atoms with Crippen LogP contribution in [0.2, 0.25) is 0 Å². The van der Waals surface area contributed by atoms with Gasteiger partial charge in [-0.1, -0.05) is 48.5 Å². The normalized spacial score (nSPS) is 11.0. The number of para-hydroxylation sites is 1. The van der Waals surface area contributed by atoms with Gasteiger partial charge in [0.15, 0.2) is 0 Å². The molecular weight excluding hydrogens is 330 g/mol. The zero-order valence-corrected chi connectivity index (χ0v) is 13.7. The number of benzene rings is 3. The minimum absolute atomic E-state index is 0.00646. The molecule has 0 saturated heterocycles. The number of esters is 1. The van der Waals surface area contributed by atoms with E-state index in [4.69, 9.17) is 4.74 Å². The molecule has 0 heterocycles. The highest BCUT2D eigenvalue weighted by molar-refractivity contribution is 5.97. The highest BCUT2D eigenvalue weighted by Crippen LogP contribution is 2.25. The quantitative estimate of drug-likeness (QED) is 0.222. The molecule has 0 spiro atoms. The highest BCUT2D eigenvalue weighted by atomic mass is 16.6. The molecule has 0 amide bonds. The summed E-state index contributed by atoms with van der Waals surface area (Å²) in [4.78, 5) is 22.7. The number of carbonyl (C=O) groups is 1. The summed E-state index contributed by atoms with van der Waals surface area (Å²) >= 11 is 0. The van der Waals surface area contributed by atoms with E-state index >= 15 is 0 Å². The number of non-ortho nitro benzene ring substituents is 1. The maximum atomic E-state index is 12.3. The lowest BCUT2D eigenvalue weighted by atomic mass is 9.97. The Balaban J connectivity index is 1.95. The Labute approximate surface area is 150 Å². The highest BCUT2D eigenvalue weighted by Gasteiger charge is 2.11. The molecule has 3 aromatic carbocycles. The number of nitrogens with zero attached hydrogens (tertiary/aromatic N) is 1. The van der Waals surface area contributed by atoms with Gasteiger partial charge in [0, 0.05) is 18.2 Å². The molecule has 26 heavy (non-hydrogen) atoms. The first-order chi connectivity index (χ1) is 12.6. The van der Waals surface area contributed by atoms with E-state index in [1.165, 1.54) is 18.2 Å². The smallest absolute Gasteiger partial charge is 0.336 e. The summed E-state index contributed by atoms with van der Waals surface area (Å²) in [6.07, 6.45) is 1.39. The Kier molecular flexibility index (Phi) is 5.19. The monoisotopic (exact) mass is 345 g/mol. The van der Waals surface area contributed by atoms with Crippen molar-refractivity contribution in [2.45, 2.75) is 0 Å². The van der Waals surface area contributed by atoms with Crippen molar-refractivity contribution in [1.29, 1.82) is 0 Å². The van der Waals surface area contributed by atoms with Gasteiger partial charge >= 0.3 is 5.97 Å². The molecule has 5 heteroatoms. The molecule has 0 fully saturated rings.